The number of carbonyl (C=O) groups excluding carboxylic acids is 2. The maximum Gasteiger partial charge on any atom is 0.260 e. The summed E-state index contributed by atoms with van der Waals surface area (Å²) in [6.07, 6.45) is 3.60. The van der Waals surface area contributed by atoms with Crippen molar-refractivity contribution in [3.63, 3.8) is 0 Å². The van der Waals surface area contributed by atoms with E-state index in [9.17, 15) is 14.0 Å². The van der Waals surface area contributed by atoms with Crippen LogP contribution in [-0.4, -0.2) is 21.8 Å². The topological polar surface area (TPSA) is 84.0 Å². The van der Waals surface area contributed by atoms with Gasteiger partial charge in [0, 0.05) is 24.3 Å². The van der Waals surface area contributed by atoms with Gasteiger partial charge in [0.1, 0.15) is 5.82 Å². The van der Waals surface area contributed by atoms with Gasteiger partial charge >= 0.3 is 0 Å². The number of halogens is 1. The second kappa shape index (κ2) is 9.93. The summed E-state index contributed by atoms with van der Waals surface area (Å²) in [5.74, 6) is -1.37. The Labute approximate surface area is 188 Å². The van der Waals surface area contributed by atoms with Crippen molar-refractivity contribution in [2.75, 3.05) is 5.32 Å². The van der Waals surface area contributed by atoms with E-state index in [0.29, 0.717) is 17.4 Å². The molecule has 0 fully saturated rings. The minimum absolute atomic E-state index is 0.0597. The van der Waals surface area contributed by atoms with E-state index in [1.54, 1.807) is 23.8 Å². The maximum atomic E-state index is 13.7. The number of anilines is 1. The molecule has 0 aliphatic rings. The molecule has 0 bridgehead atoms. The molecular weight excluding hydrogens is 427 g/mol. The fourth-order valence-corrected chi connectivity index (χ4v) is 3.78. The zero-order chi connectivity index (χ0) is 22.3. The standard InChI is InChI=1S/C24H19FN4O2S/c25-21-9-2-1-8-20(21)23(31)29-24-28-19(15-32-24)12-22(30)27-13-16-5-3-6-17(11-16)18-7-4-10-26-14-18/h1-11,14-15H,12-13H2,(H,27,30)(H,28,29,31). The summed E-state index contributed by atoms with van der Waals surface area (Å²) in [5.41, 5.74) is 3.47. The van der Waals surface area contributed by atoms with E-state index in [1.807, 2.05) is 36.4 Å². The van der Waals surface area contributed by atoms with Crippen LogP contribution in [0.5, 0.6) is 0 Å². The van der Waals surface area contributed by atoms with Crippen molar-refractivity contribution in [1.29, 1.82) is 0 Å². The Kier molecular flexibility index (Phi) is 6.62. The van der Waals surface area contributed by atoms with Gasteiger partial charge in [-0.1, -0.05) is 36.4 Å². The molecule has 0 aliphatic heterocycles. The Balaban J connectivity index is 1.31. The van der Waals surface area contributed by atoms with Crippen LogP contribution in [0.1, 0.15) is 21.6 Å². The van der Waals surface area contributed by atoms with Crippen LogP contribution in [0, 0.1) is 5.82 Å². The molecule has 4 aromatic rings. The van der Waals surface area contributed by atoms with E-state index in [4.69, 9.17) is 0 Å². The molecule has 2 amide bonds. The third-order valence-corrected chi connectivity index (χ3v) is 5.45. The third-order valence-electron chi connectivity index (χ3n) is 4.64. The van der Waals surface area contributed by atoms with Crippen molar-refractivity contribution in [3.8, 4) is 11.1 Å². The van der Waals surface area contributed by atoms with Gasteiger partial charge in [-0.3, -0.25) is 19.9 Å². The first-order valence-electron chi connectivity index (χ1n) is 9.85. The van der Waals surface area contributed by atoms with Crippen molar-refractivity contribution in [2.24, 2.45) is 0 Å². The monoisotopic (exact) mass is 446 g/mol. The number of amides is 2. The van der Waals surface area contributed by atoms with E-state index in [2.05, 4.69) is 20.6 Å². The number of aromatic nitrogens is 2. The number of pyridine rings is 1. The minimum atomic E-state index is -0.603. The van der Waals surface area contributed by atoms with Gasteiger partial charge in [0.25, 0.3) is 5.91 Å². The first-order chi connectivity index (χ1) is 15.6. The zero-order valence-corrected chi connectivity index (χ0v) is 17.7. The molecular formula is C24H19FN4O2S. The molecule has 4 rings (SSSR count). The normalized spacial score (nSPS) is 10.5. The fourth-order valence-electron chi connectivity index (χ4n) is 3.08. The van der Waals surface area contributed by atoms with Crippen LogP contribution in [0.4, 0.5) is 9.52 Å². The van der Waals surface area contributed by atoms with E-state index in [1.165, 1.54) is 29.5 Å². The van der Waals surface area contributed by atoms with Gasteiger partial charge in [0.05, 0.1) is 17.7 Å². The molecule has 0 atom stereocenters. The summed E-state index contributed by atoms with van der Waals surface area (Å²) in [6, 6.07) is 17.5. The number of hydrogen-bond acceptors (Lipinski definition) is 5. The number of rotatable bonds is 7. The average molecular weight is 447 g/mol. The minimum Gasteiger partial charge on any atom is -0.352 e. The van der Waals surface area contributed by atoms with Crippen LogP contribution in [0.25, 0.3) is 11.1 Å². The molecule has 0 radical (unpaired) electrons. The predicted octanol–water partition coefficient (Wildman–Crippen LogP) is 4.46. The Morgan fingerprint density at radius 1 is 1.00 bits per heavy atom. The number of carbonyl (C=O) groups is 2. The third kappa shape index (κ3) is 5.41. The van der Waals surface area contributed by atoms with Crippen molar-refractivity contribution >= 4 is 28.3 Å². The number of hydrogen-bond donors (Lipinski definition) is 2. The molecule has 2 heterocycles. The Bertz CT molecular complexity index is 1240. The molecule has 8 heteroatoms. The van der Waals surface area contributed by atoms with E-state index >= 15 is 0 Å². The summed E-state index contributed by atoms with van der Waals surface area (Å²) in [4.78, 5) is 32.9. The SMILES string of the molecule is O=C(Cc1csc(NC(=O)c2ccccc2F)n1)NCc1cccc(-c2cccnc2)c1. The quantitative estimate of drug-likeness (QED) is 0.439. The summed E-state index contributed by atoms with van der Waals surface area (Å²) < 4.78 is 13.7. The van der Waals surface area contributed by atoms with Gasteiger partial charge in [0.2, 0.25) is 5.91 Å². The van der Waals surface area contributed by atoms with Crippen molar-refractivity contribution in [3.05, 3.63) is 101 Å². The highest BCUT2D eigenvalue weighted by molar-refractivity contribution is 7.14. The second-order valence-corrected chi connectivity index (χ2v) is 7.83. The first-order valence-corrected chi connectivity index (χ1v) is 10.7. The number of nitrogens with one attached hydrogen (secondary N) is 2. The highest BCUT2D eigenvalue weighted by Crippen LogP contribution is 2.20. The first kappa shape index (κ1) is 21.3. The molecule has 0 saturated heterocycles. The fraction of sp³-hybridized carbons (Fsp3) is 0.0833. The summed E-state index contributed by atoms with van der Waals surface area (Å²) >= 11 is 1.18. The van der Waals surface area contributed by atoms with Crippen LogP contribution in [-0.2, 0) is 17.8 Å². The van der Waals surface area contributed by atoms with Gasteiger partial charge in [-0.25, -0.2) is 9.37 Å². The second-order valence-electron chi connectivity index (χ2n) is 6.97. The van der Waals surface area contributed by atoms with E-state index in [-0.39, 0.29) is 17.9 Å². The molecule has 2 aromatic heterocycles. The van der Waals surface area contributed by atoms with Gasteiger partial charge in [-0.2, -0.15) is 0 Å². The Morgan fingerprint density at radius 2 is 1.84 bits per heavy atom. The lowest BCUT2D eigenvalue weighted by atomic mass is 10.0. The predicted molar refractivity (Wildman–Crippen MR) is 122 cm³/mol. The molecule has 2 aromatic carbocycles. The van der Waals surface area contributed by atoms with Gasteiger partial charge < -0.3 is 5.32 Å². The van der Waals surface area contributed by atoms with Crippen LogP contribution >= 0.6 is 11.3 Å². The van der Waals surface area contributed by atoms with Crippen LogP contribution < -0.4 is 10.6 Å². The van der Waals surface area contributed by atoms with E-state index < -0.39 is 11.7 Å². The molecule has 2 N–H and O–H groups in total. The maximum absolute atomic E-state index is 13.7. The van der Waals surface area contributed by atoms with Gasteiger partial charge in [-0.05, 0) is 41.0 Å². The molecule has 32 heavy (non-hydrogen) atoms. The number of thiazole rings is 1. The van der Waals surface area contributed by atoms with Crippen molar-refractivity contribution in [2.45, 2.75) is 13.0 Å². The summed E-state index contributed by atoms with van der Waals surface area (Å²) in [6.45, 7) is 0.383. The van der Waals surface area contributed by atoms with Crippen molar-refractivity contribution in [1.82, 2.24) is 15.3 Å². The molecule has 160 valence electrons. The molecule has 0 unspecified atom stereocenters. The lowest BCUT2D eigenvalue weighted by Gasteiger charge is -2.07. The average Bonchev–Trinajstić information content (AvgIpc) is 3.25. The van der Waals surface area contributed by atoms with E-state index in [0.717, 1.165) is 16.7 Å². The number of nitrogens with zero attached hydrogens (tertiary/aromatic N) is 2. The Hall–Kier alpha value is -3.91. The smallest absolute Gasteiger partial charge is 0.260 e. The van der Waals surface area contributed by atoms with Crippen molar-refractivity contribution < 1.29 is 14.0 Å². The highest BCUT2D eigenvalue weighted by atomic mass is 32.1. The highest BCUT2D eigenvalue weighted by Gasteiger charge is 2.14. The molecule has 6 nitrogen and oxygen atoms in total. The van der Waals surface area contributed by atoms with Gasteiger partial charge in [-0.15, -0.1) is 11.3 Å². The Morgan fingerprint density at radius 3 is 2.66 bits per heavy atom. The van der Waals surface area contributed by atoms with Gasteiger partial charge in [0.15, 0.2) is 5.13 Å². The number of benzene rings is 2. The molecule has 0 saturated carbocycles. The summed E-state index contributed by atoms with van der Waals surface area (Å²) in [7, 11) is 0. The van der Waals surface area contributed by atoms with Crippen LogP contribution in [0.2, 0.25) is 0 Å². The zero-order valence-electron chi connectivity index (χ0n) is 16.9. The van der Waals surface area contributed by atoms with Crippen LogP contribution in [0.3, 0.4) is 0 Å². The summed E-state index contributed by atoms with van der Waals surface area (Å²) in [5, 5.41) is 7.45. The lowest BCUT2D eigenvalue weighted by molar-refractivity contribution is -0.120. The molecule has 0 aliphatic carbocycles. The lowest BCUT2D eigenvalue weighted by Crippen LogP contribution is -2.24. The molecule has 0 spiro atoms. The van der Waals surface area contributed by atoms with Crippen LogP contribution in [0.15, 0.2) is 78.4 Å². The largest absolute Gasteiger partial charge is 0.352 e.